The van der Waals surface area contributed by atoms with Crippen molar-refractivity contribution in [1.29, 1.82) is 0 Å². The van der Waals surface area contributed by atoms with Gasteiger partial charge in [0.1, 0.15) is 11.4 Å². The van der Waals surface area contributed by atoms with Gasteiger partial charge in [0.25, 0.3) is 11.8 Å². The van der Waals surface area contributed by atoms with Crippen molar-refractivity contribution < 1.29 is 14.3 Å². The second kappa shape index (κ2) is 9.92. The highest BCUT2D eigenvalue weighted by Crippen LogP contribution is 2.26. The summed E-state index contributed by atoms with van der Waals surface area (Å²) in [5.41, 5.74) is 2.47. The molecule has 0 unspecified atom stereocenters. The number of nitrogens with one attached hydrogen (secondary N) is 2. The minimum atomic E-state index is -0.315. The number of fused-ring (bicyclic) bond motifs is 1. The van der Waals surface area contributed by atoms with Gasteiger partial charge in [0.15, 0.2) is 0 Å². The normalized spacial score (nSPS) is 15.4. The van der Waals surface area contributed by atoms with Crippen LogP contribution in [0.25, 0.3) is 17.0 Å². The Labute approximate surface area is 194 Å². The second-order valence-electron chi connectivity index (χ2n) is 8.48. The molecule has 4 rings (SSSR count). The lowest BCUT2D eigenvalue weighted by Gasteiger charge is -2.35. The Hall–Kier alpha value is -3.58. The Bertz CT molecular complexity index is 1160. The summed E-state index contributed by atoms with van der Waals surface area (Å²) in [4.78, 5) is 33.8. The van der Waals surface area contributed by atoms with E-state index in [9.17, 15) is 9.59 Å². The number of hydrogen-bond donors (Lipinski definition) is 2. The largest absolute Gasteiger partial charge is 0.497 e. The molecule has 33 heavy (non-hydrogen) atoms. The summed E-state index contributed by atoms with van der Waals surface area (Å²) in [6, 6.07) is 14.8. The van der Waals surface area contributed by atoms with Gasteiger partial charge < -0.3 is 24.8 Å². The summed E-state index contributed by atoms with van der Waals surface area (Å²) in [7, 11) is 5.53. The number of piperidine rings is 1. The maximum Gasteiger partial charge on any atom is 0.270 e. The van der Waals surface area contributed by atoms with E-state index in [-0.39, 0.29) is 23.6 Å². The Balaban J connectivity index is 1.68. The van der Waals surface area contributed by atoms with Crippen molar-refractivity contribution in [3.63, 3.8) is 0 Å². The number of nitrogens with zero attached hydrogens (tertiary/aromatic N) is 2. The molecule has 0 bridgehead atoms. The number of likely N-dealkylation sites (tertiary alicyclic amines) is 1. The zero-order chi connectivity index (χ0) is 23.4. The van der Waals surface area contributed by atoms with Gasteiger partial charge in [0, 0.05) is 41.3 Å². The molecule has 2 N–H and O–H groups in total. The highest BCUT2D eigenvalue weighted by Gasteiger charge is 2.27. The Morgan fingerprint density at radius 2 is 1.88 bits per heavy atom. The molecule has 1 aliphatic heterocycles. The van der Waals surface area contributed by atoms with E-state index in [1.807, 2.05) is 37.5 Å². The Morgan fingerprint density at radius 3 is 2.58 bits per heavy atom. The van der Waals surface area contributed by atoms with Crippen molar-refractivity contribution in [3.05, 3.63) is 71.6 Å². The summed E-state index contributed by atoms with van der Waals surface area (Å²) in [6.45, 7) is 1.89. The zero-order valence-electron chi connectivity index (χ0n) is 19.3. The standard InChI is InChI=1S/C26H30N4O3/c1-29-13-11-20(12-14-29)30(2)26(32)24(28-25(31)18-7-5-4-6-8-18)15-19-17-27-23-10-9-21(33-3)16-22(19)23/h4-10,15-17,20,27H,11-14H2,1-3H3,(H,28,31)/b24-15-. The summed E-state index contributed by atoms with van der Waals surface area (Å²) in [6.07, 6.45) is 5.39. The number of carbonyl (C=O) groups excluding carboxylic acids is 2. The number of ether oxygens (including phenoxy) is 1. The summed E-state index contributed by atoms with van der Waals surface area (Å²) in [5.74, 6) is 0.205. The van der Waals surface area contributed by atoms with Gasteiger partial charge in [-0.2, -0.15) is 0 Å². The number of H-pyrrole nitrogens is 1. The van der Waals surface area contributed by atoms with E-state index in [1.165, 1.54) is 0 Å². The predicted octanol–water partition coefficient (Wildman–Crippen LogP) is 3.50. The van der Waals surface area contributed by atoms with Crippen molar-refractivity contribution in [2.75, 3.05) is 34.3 Å². The lowest BCUT2D eigenvalue weighted by molar-refractivity contribution is -0.128. The van der Waals surface area contributed by atoms with Crippen LogP contribution in [0.4, 0.5) is 0 Å². The van der Waals surface area contributed by atoms with E-state index in [0.29, 0.717) is 5.56 Å². The fraction of sp³-hybridized carbons (Fsp3) is 0.308. The van der Waals surface area contributed by atoms with Crippen LogP contribution in [0.5, 0.6) is 5.75 Å². The molecule has 1 aliphatic rings. The van der Waals surface area contributed by atoms with E-state index in [4.69, 9.17) is 4.74 Å². The van der Waals surface area contributed by atoms with Gasteiger partial charge >= 0.3 is 0 Å². The van der Waals surface area contributed by atoms with Gasteiger partial charge in [-0.05, 0) is 69.4 Å². The van der Waals surface area contributed by atoms with Crippen LogP contribution in [-0.4, -0.2) is 66.9 Å². The molecule has 0 atom stereocenters. The van der Waals surface area contributed by atoms with Crippen molar-refractivity contribution in [2.45, 2.75) is 18.9 Å². The third-order valence-electron chi connectivity index (χ3n) is 6.29. The molecular formula is C26H30N4O3. The van der Waals surface area contributed by atoms with Crippen LogP contribution in [-0.2, 0) is 4.79 Å². The van der Waals surface area contributed by atoms with Gasteiger partial charge in [-0.1, -0.05) is 18.2 Å². The van der Waals surface area contributed by atoms with Gasteiger partial charge in [-0.15, -0.1) is 0 Å². The number of hydrogen-bond acceptors (Lipinski definition) is 4. The highest BCUT2D eigenvalue weighted by atomic mass is 16.5. The van der Waals surface area contributed by atoms with Crippen LogP contribution >= 0.6 is 0 Å². The SMILES string of the molecule is COc1ccc2[nH]cc(/C=C(\NC(=O)c3ccccc3)C(=O)N(C)C3CCN(C)CC3)c2c1. The first-order valence-corrected chi connectivity index (χ1v) is 11.1. The Morgan fingerprint density at radius 1 is 1.15 bits per heavy atom. The molecule has 3 aromatic rings. The lowest BCUT2D eigenvalue weighted by atomic mass is 10.0. The first-order chi connectivity index (χ1) is 16.0. The van der Waals surface area contributed by atoms with Crippen LogP contribution in [0.3, 0.4) is 0 Å². The van der Waals surface area contributed by atoms with Crippen molar-refractivity contribution in [3.8, 4) is 5.75 Å². The number of aromatic nitrogens is 1. The molecule has 7 heteroatoms. The monoisotopic (exact) mass is 446 g/mol. The number of aromatic amines is 1. The van der Waals surface area contributed by atoms with E-state index >= 15 is 0 Å². The van der Waals surface area contributed by atoms with Gasteiger partial charge in [0.05, 0.1) is 7.11 Å². The summed E-state index contributed by atoms with van der Waals surface area (Å²) < 4.78 is 5.36. The molecular weight excluding hydrogens is 416 g/mol. The van der Waals surface area contributed by atoms with Crippen LogP contribution in [0.1, 0.15) is 28.8 Å². The van der Waals surface area contributed by atoms with Gasteiger partial charge in [-0.3, -0.25) is 9.59 Å². The third kappa shape index (κ3) is 5.09. The summed E-state index contributed by atoms with van der Waals surface area (Å²) in [5, 5.41) is 3.78. The molecule has 0 radical (unpaired) electrons. The number of amides is 2. The smallest absolute Gasteiger partial charge is 0.270 e. The first kappa shape index (κ1) is 22.6. The van der Waals surface area contributed by atoms with Crippen LogP contribution < -0.4 is 10.1 Å². The molecule has 1 fully saturated rings. The molecule has 172 valence electrons. The number of benzene rings is 2. The van der Waals surface area contributed by atoms with Crippen molar-refractivity contribution >= 4 is 28.8 Å². The summed E-state index contributed by atoms with van der Waals surface area (Å²) >= 11 is 0. The molecule has 0 saturated carbocycles. The molecule has 2 aromatic carbocycles. The molecule has 0 spiro atoms. The maximum absolute atomic E-state index is 13.6. The number of likely N-dealkylation sites (N-methyl/N-ethyl adjacent to an activating group) is 1. The third-order valence-corrected chi connectivity index (χ3v) is 6.29. The fourth-order valence-corrected chi connectivity index (χ4v) is 4.20. The fourth-order valence-electron chi connectivity index (χ4n) is 4.20. The minimum Gasteiger partial charge on any atom is -0.497 e. The molecule has 1 saturated heterocycles. The van der Waals surface area contributed by atoms with Crippen LogP contribution in [0, 0.1) is 0 Å². The molecule has 7 nitrogen and oxygen atoms in total. The molecule has 1 aromatic heterocycles. The second-order valence-corrected chi connectivity index (χ2v) is 8.48. The predicted molar refractivity (Wildman–Crippen MR) is 130 cm³/mol. The number of carbonyl (C=O) groups is 2. The van der Waals surface area contributed by atoms with Crippen molar-refractivity contribution in [1.82, 2.24) is 20.1 Å². The van der Waals surface area contributed by atoms with Crippen LogP contribution in [0.2, 0.25) is 0 Å². The molecule has 0 aliphatic carbocycles. The first-order valence-electron chi connectivity index (χ1n) is 11.1. The molecule has 2 heterocycles. The molecule has 2 amide bonds. The Kier molecular flexibility index (Phi) is 6.79. The lowest BCUT2D eigenvalue weighted by Crippen LogP contribution is -2.46. The van der Waals surface area contributed by atoms with Gasteiger partial charge in [0.2, 0.25) is 0 Å². The van der Waals surface area contributed by atoms with Crippen molar-refractivity contribution in [2.24, 2.45) is 0 Å². The average molecular weight is 447 g/mol. The zero-order valence-corrected chi connectivity index (χ0v) is 19.3. The van der Waals surface area contributed by atoms with E-state index in [0.717, 1.165) is 48.1 Å². The van der Waals surface area contributed by atoms with Gasteiger partial charge in [-0.25, -0.2) is 0 Å². The quantitative estimate of drug-likeness (QED) is 0.568. The van der Waals surface area contributed by atoms with E-state index < -0.39 is 0 Å². The highest BCUT2D eigenvalue weighted by molar-refractivity contribution is 6.06. The average Bonchev–Trinajstić information content (AvgIpc) is 3.25. The maximum atomic E-state index is 13.6. The number of rotatable bonds is 6. The van der Waals surface area contributed by atoms with E-state index in [2.05, 4.69) is 22.2 Å². The minimum absolute atomic E-state index is 0.133. The van der Waals surface area contributed by atoms with Crippen LogP contribution in [0.15, 0.2) is 60.4 Å². The topological polar surface area (TPSA) is 77.7 Å². The number of methoxy groups -OCH3 is 1. The van der Waals surface area contributed by atoms with E-state index in [1.54, 1.807) is 42.4 Å².